The molecule has 0 heterocycles. The van der Waals surface area contributed by atoms with Crippen molar-refractivity contribution in [1.29, 1.82) is 0 Å². The fourth-order valence-corrected chi connectivity index (χ4v) is 3.21. The summed E-state index contributed by atoms with van der Waals surface area (Å²) in [6.45, 7) is 3.48. The molecule has 0 radical (unpaired) electrons. The van der Waals surface area contributed by atoms with Crippen molar-refractivity contribution < 1.29 is 13.2 Å². The van der Waals surface area contributed by atoms with E-state index in [-0.39, 0.29) is 10.3 Å². The highest BCUT2D eigenvalue weighted by Crippen LogP contribution is 2.48. The van der Waals surface area contributed by atoms with Crippen LogP contribution in [0.25, 0.3) is 0 Å². The number of nitrogens with one attached hydrogen (secondary N) is 1. The summed E-state index contributed by atoms with van der Waals surface area (Å²) < 4.78 is 32.4. The summed E-state index contributed by atoms with van der Waals surface area (Å²) in [5.74, 6) is 0.627. The van der Waals surface area contributed by atoms with Crippen LogP contribution < -0.4 is 15.2 Å². The van der Waals surface area contributed by atoms with Crippen LogP contribution in [0.1, 0.15) is 26.2 Å². The number of sulfonamides is 1. The highest BCUT2D eigenvalue weighted by molar-refractivity contribution is 7.89. The van der Waals surface area contributed by atoms with Crippen LogP contribution in [0.15, 0.2) is 29.2 Å². The molecule has 2 rings (SSSR count). The Morgan fingerprint density at radius 1 is 1.30 bits per heavy atom. The topological polar surface area (TPSA) is 81.4 Å². The van der Waals surface area contributed by atoms with Crippen molar-refractivity contribution in [2.75, 3.05) is 19.7 Å². The van der Waals surface area contributed by atoms with Gasteiger partial charge in [-0.1, -0.05) is 6.92 Å². The van der Waals surface area contributed by atoms with E-state index < -0.39 is 10.0 Å². The second-order valence-electron chi connectivity index (χ2n) is 5.29. The fraction of sp³-hybridized carbons (Fsp3) is 0.571. The van der Waals surface area contributed by atoms with E-state index in [4.69, 9.17) is 10.5 Å². The molecule has 1 fully saturated rings. The molecule has 0 bridgehead atoms. The van der Waals surface area contributed by atoms with E-state index in [2.05, 4.69) is 11.6 Å². The maximum absolute atomic E-state index is 12.2. The molecular formula is C14H22N2O3S. The third kappa shape index (κ3) is 3.71. The third-order valence-corrected chi connectivity index (χ3v) is 5.28. The lowest BCUT2D eigenvalue weighted by Gasteiger charge is -2.14. The smallest absolute Gasteiger partial charge is 0.240 e. The van der Waals surface area contributed by atoms with Gasteiger partial charge in [0.15, 0.2) is 0 Å². The lowest BCUT2D eigenvalue weighted by atomic mass is 10.1. The molecule has 0 aromatic heterocycles. The quantitative estimate of drug-likeness (QED) is 0.762. The first-order valence-corrected chi connectivity index (χ1v) is 8.42. The zero-order valence-corrected chi connectivity index (χ0v) is 12.6. The number of nitrogens with two attached hydrogens (primary N) is 1. The van der Waals surface area contributed by atoms with Crippen molar-refractivity contribution in [3.8, 4) is 5.75 Å². The van der Waals surface area contributed by atoms with E-state index in [1.165, 1.54) is 0 Å². The van der Waals surface area contributed by atoms with Gasteiger partial charge in [-0.25, -0.2) is 13.1 Å². The molecule has 5 nitrogen and oxygen atoms in total. The highest BCUT2D eigenvalue weighted by Gasteiger charge is 2.41. The average molecular weight is 298 g/mol. The van der Waals surface area contributed by atoms with Crippen LogP contribution in [-0.4, -0.2) is 28.1 Å². The van der Waals surface area contributed by atoms with E-state index >= 15 is 0 Å². The van der Waals surface area contributed by atoms with Crippen LogP contribution in [-0.2, 0) is 10.0 Å². The largest absolute Gasteiger partial charge is 0.492 e. The Morgan fingerprint density at radius 3 is 2.45 bits per heavy atom. The maximum Gasteiger partial charge on any atom is 0.240 e. The molecule has 20 heavy (non-hydrogen) atoms. The molecule has 0 saturated heterocycles. The van der Waals surface area contributed by atoms with Crippen molar-refractivity contribution in [2.24, 2.45) is 11.1 Å². The number of ether oxygens (including phenoxy) is 1. The minimum Gasteiger partial charge on any atom is -0.492 e. The van der Waals surface area contributed by atoms with Crippen molar-refractivity contribution in [3.05, 3.63) is 24.3 Å². The van der Waals surface area contributed by atoms with E-state index in [9.17, 15) is 8.42 Å². The number of hydrogen-bond donors (Lipinski definition) is 2. The van der Waals surface area contributed by atoms with Gasteiger partial charge in [0.1, 0.15) is 12.4 Å². The molecule has 1 aliphatic carbocycles. The molecule has 0 aliphatic heterocycles. The van der Waals surface area contributed by atoms with E-state index in [1.807, 2.05) is 0 Å². The summed E-state index contributed by atoms with van der Waals surface area (Å²) in [6, 6.07) is 6.41. The van der Waals surface area contributed by atoms with Gasteiger partial charge in [0.2, 0.25) is 10.0 Å². The SMILES string of the molecule is CCC1(CNS(=O)(=O)c2ccc(OCCN)cc2)CC1. The van der Waals surface area contributed by atoms with Crippen molar-refractivity contribution in [1.82, 2.24) is 4.72 Å². The Bertz CT molecular complexity index is 536. The van der Waals surface area contributed by atoms with Crippen LogP contribution in [0.4, 0.5) is 0 Å². The molecule has 3 N–H and O–H groups in total. The lowest BCUT2D eigenvalue weighted by molar-refractivity contribution is 0.328. The van der Waals surface area contributed by atoms with Gasteiger partial charge < -0.3 is 10.5 Å². The van der Waals surface area contributed by atoms with E-state index in [0.29, 0.717) is 25.4 Å². The van der Waals surface area contributed by atoms with Gasteiger partial charge >= 0.3 is 0 Å². The zero-order chi connectivity index (χ0) is 14.6. The Hall–Kier alpha value is -1.11. The van der Waals surface area contributed by atoms with Crippen molar-refractivity contribution in [2.45, 2.75) is 31.1 Å². The first-order chi connectivity index (χ1) is 9.51. The Labute approximate surface area is 120 Å². The molecule has 1 aliphatic rings. The second kappa shape index (κ2) is 6.11. The van der Waals surface area contributed by atoms with Crippen LogP contribution in [0, 0.1) is 5.41 Å². The number of hydrogen-bond acceptors (Lipinski definition) is 4. The molecule has 0 amide bonds. The summed E-state index contributed by atoms with van der Waals surface area (Å²) in [5.41, 5.74) is 5.54. The second-order valence-corrected chi connectivity index (χ2v) is 7.05. The molecule has 1 saturated carbocycles. The minimum absolute atomic E-state index is 0.192. The molecule has 112 valence electrons. The minimum atomic E-state index is -3.43. The van der Waals surface area contributed by atoms with Gasteiger partial charge in [0, 0.05) is 13.1 Å². The monoisotopic (exact) mass is 298 g/mol. The molecule has 0 unspecified atom stereocenters. The molecule has 1 aromatic carbocycles. The van der Waals surface area contributed by atoms with E-state index in [0.717, 1.165) is 19.3 Å². The fourth-order valence-electron chi connectivity index (χ4n) is 2.06. The molecular weight excluding hydrogens is 276 g/mol. The number of rotatable bonds is 8. The van der Waals surface area contributed by atoms with Gasteiger partial charge in [-0.15, -0.1) is 0 Å². The number of benzene rings is 1. The molecule has 0 spiro atoms. The van der Waals surface area contributed by atoms with Gasteiger partial charge in [0.05, 0.1) is 4.90 Å². The first-order valence-electron chi connectivity index (χ1n) is 6.94. The van der Waals surface area contributed by atoms with Gasteiger partial charge in [-0.3, -0.25) is 0 Å². The Balaban J connectivity index is 1.98. The van der Waals surface area contributed by atoms with Gasteiger partial charge in [-0.2, -0.15) is 0 Å². The van der Waals surface area contributed by atoms with Crippen LogP contribution in [0.3, 0.4) is 0 Å². The zero-order valence-electron chi connectivity index (χ0n) is 11.8. The van der Waals surface area contributed by atoms with Gasteiger partial charge in [-0.05, 0) is 48.9 Å². The Morgan fingerprint density at radius 2 is 1.95 bits per heavy atom. The van der Waals surface area contributed by atoms with E-state index in [1.54, 1.807) is 24.3 Å². The first kappa shape index (κ1) is 15.3. The summed E-state index contributed by atoms with van der Waals surface area (Å²) in [6.07, 6.45) is 3.23. The standard InChI is InChI=1S/C14H22N2O3S/c1-2-14(7-8-14)11-16-20(17,18)13-5-3-12(4-6-13)19-10-9-15/h3-6,16H,2,7-11,15H2,1H3. The van der Waals surface area contributed by atoms with Gasteiger partial charge in [0.25, 0.3) is 0 Å². The summed E-state index contributed by atoms with van der Waals surface area (Å²) in [4.78, 5) is 0.268. The molecule has 1 aromatic rings. The summed E-state index contributed by atoms with van der Waals surface area (Å²) in [5, 5.41) is 0. The molecule has 0 atom stereocenters. The molecule has 6 heteroatoms. The maximum atomic E-state index is 12.2. The normalized spacial score (nSPS) is 16.9. The third-order valence-electron chi connectivity index (χ3n) is 3.86. The van der Waals surface area contributed by atoms with Crippen LogP contribution >= 0.6 is 0 Å². The summed E-state index contributed by atoms with van der Waals surface area (Å²) >= 11 is 0. The van der Waals surface area contributed by atoms with Crippen molar-refractivity contribution >= 4 is 10.0 Å². The highest BCUT2D eigenvalue weighted by atomic mass is 32.2. The lowest BCUT2D eigenvalue weighted by Crippen LogP contribution is -2.30. The predicted octanol–water partition coefficient (Wildman–Crippen LogP) is 1.49. The average Bonchev–Trinajstić information content (AvgIpc) is 3.24. The van der Waals surface area contributed by atoms with Crippen molar-refractivity contribution in [3.63, 3.8) is 0 Å². The summed E-state index contributed by atoms with van der Waals surface area (Å²) in [7, 11) is -3.43. The predicted molar refractivity (Wildman–Crippen MR) is 78.1 cm³/mol. The Kier molecular flexibility index (Phi) is 4.67. The van der Waals surface area contributed by atoms with Crippen LogP contribution in [0.2, 0.25) is 0 Å². The van der Waals surface area contributed by atoms with Crippen LogP contribution in [0.5, 0.6) is 5.75 Å².